The monoisotopic (exact) mass is 235 g/mol. The van der Waals surface area contributed by atoms with E-state index >= 15 is 0 Å². The predicted octanol–water partition coefficient (Wildman–Crippen LogP) is 2.67. The van der Waals surface area contributed by atoms with Crippen LogP contribution in [0.5, 0.6) is 0 Å². The van der Waals surface area contributed by atoms with Gasteiger partial charge in [0.15, 0.2) is 0 Å². The summed E-state index contributed by atoms with van der Waals surface area (Å²) in [7, 11) is 2.11. The van der Waals surface area contributed by atoms with E-state index in [4.69, 9.17) is 0 Å². The van der Waals surface area contributed by atoms with Crippen LogP contribution < -0.4 is 10.2 Å². The molecule has 0 fully saturated rings. The Morgan fingerprint density at radius 3 is 2.65 bits per heavy atom. The molecule has 0 spiro atoms. The number of rotatable bonds is 5. The summed E-state index contributed by atoms with van der Waals surface area (Å²) in [6.07, 6.45) is 1.87. The highest BCUT2D eigenvalue weighted by atomic mass is 15.2. The van der Waals surface area contributed by atoms with E-state index < -0.39 is 0 Å². The predicted molar refractivity (Wildman–Crippen MR) is 74.3 cm³/mol. The van der Waals surface area contributed by atoms with Gasteiger partial charge in [-0.15, -0.1) is 0 Å². The molecule has 17 heavy (non-hydrogen) atoms. The number of nitrogens with zero attached hydrogens (tertiary/aromatic N) is 2. The third kappa shape index (κ3) is 4.73. The van der Waals surface area contributed by atoms with E-state index in [1.54, 1.807) is 0 Å². The molecular weight excluding hydrogens is 210 g/mol. The number of anilines is 1. The van der Waals surface area contributed by atoms with Gasteiger partial charge >= 0.3 is 0 Å². The summed E-state index contributed by atoms with van der Waals surface area (Å²) in [4.78, 5) is 6.74. The van der Waals surface area contributed by atoms with Crippen LogP contribution in [0.3, 0.4) is 0 Å². The molecule has 1 aromatic heterocycles. The number of hydrogen-bond donors (Lipinski definition) is 1. The molecule has 1 heterocycles. The molecule has 0 aliphatic rings. The molecule has 0 radical (unpaired) electrons. The van der Waals surface area contributed by atoms with E-state index in [0.717, 1.165) is 25.5 Å². The molecule has 0 amide bonds. The summed E-state index contributed by atoms with van der Waals surface area (Å²) >= 11 is 0. The van der Waals surface area contributed by atoms with E-state index in [0.29, 0.717) is 0 Å². The van der Waals surface area contributed by atoms with Gasteiger partial charge in [-0.3, -0.25) is 0 Å². The molecule has 1 N–H and O–H groups in total. The minimum Gasteiger partial charge on any atom is -0.359 e. The van der Waals surface area contributed by atoms with Gasteiger partial charge in [-0.1, -0.05) is 33.8 Å². The van der Waals surface area contributed by atoms with Crippen molar-refractivity contribution in [2.24, 2.45) is 5.41 Å². The fraction of sp³-hybridized carbons (Fsp3) is 0.643. The van der Waals surface area contributed by atoms with E-state index in [2.05, 4.69) is 56.0 Å². The summed E-state index contributed by atoms with van der Waals surface area (Å²) in [5.41, 5.74) is 1.54. The molecule has 0 aliphatic carbocycles. The lowest BCUT2D eigenvalue weighted by molar-refractivity contribution is 0.417. The van der Waals surface area contributed by atoms with Crippen LogP contribution in [0.25, 0.3) is 0 Å². The van der Waals surface area contributed by atoms with Gasteiger partial charge in [0.1, 0.15) is 5.82 Å². The van der Waals surface area contributed by atoms with Crippen LogP contribution in [-0.4, -0.2) is 25.1 Å². The number of pyridine rings is 1. The highest BCUT2D eigenvalue weighted by Gasteiger charge is 2.16. The van der Waals surface area contributed by atoms with Crippen molar-refractivity contribution >= 4 is 5.82 Å². The average molecular weight is 235 g/mol. The Bertz CT molecular complexity index is 342. The molecule has 96 valence electrons. The Morgan fingerprint density at radius 2 is 2.06 bits per heavy atom. The zero-order valence-electron chi connectivity index (χ0n) is 11.7. The van der Waals surface area contributed by atoms with Crippen LogP contribution in [0.15, 0.2) is 18.3 Å². The summed E-state index contributed by atoms with van der Waals surface area (Å²) in [6.45, 7) is 11.7. The van der Waals surface area contributed by atoms with Gasteiger partial charge in [-0.25, -0.2) is 4.98 Å². The molecule has 0 saturated heterocycles. The lowest BCUT2D eigenvalue weighted by atomic mass is 9.96. The second-order valence-corrected chi connectivity index (χ2v) is 5.68. The van der Waals surface area contributed by atoms with Gasteiger partial charge in [0, 0.05) is 31.9 Å². The Labute approximate surface area is 105 Å². The van der Waals surface area contributed by atoms with E-state index in [9.17, 15) is 0 Å². The van der Waals surface area contributed by atoms with Crippen LogP contribution in [0.1, 0.15) is 33.3 Å². The van der Waals surface area contributed by atoms with Gasteiger partial charge in [0.25, 0.3) is 0 Å². The minimum atomic E-state index is 0.279. The van der Waals surface area contributed by atoms with Crippen LogP contribution in [-0.2, 0) is 6.54 Å². The van der Waals surface area contributed by atoms with Crippen LogP contribution in [0.4, 0.5) is 5.82 Å². The molecule has 3 heteroatoms. The lowest BCUT2D eigenvalue weighted by Crippen LogP contribution is -2.31. The third-order valence-electron chi connectivity index (χ3n) is 2.51. The molecule has 0 aromatic carbocycles. The maximum Gasteiger partial charge on any atom is 0.132 e. The second-order valence-electron chi connectivity index (χ2n) is 5.68. The zero-order valence-corrected chi connectivity index (χ0v) is 11.7. The summed E-state index contributed by atoms with van der Waals surface area (Å²) in [5, 5.41) is 3.36. The van der Waals surface area contributed by atoms with Crippen molar-refractivity contribution in [1.29, 1.82) is 0 Å². The van der Waals surface area contributed by atoms with Crippen molar-refractivity contribution < 1.29 is 0 Å². The van der Waals surface area contributed by atoms with E-state index in [1.807, 2.05) is 12.3 Å². The first-order chi connectivity index (χ1) is 7.94. The smallest absolute Gasteiger partial charge is 0.132 e. The van der Waals surface area contributed by atoms with Crippen LogP contribution in [0, 0.1) is 5.41 Å². The normalized spacial score (nSPS) is 11.6. The highest BCUT2D eigenvalue weighted by molar-refractivity contribution is 5.46. The van der Waals surface area contributed by atoms with E-state index in [-0.39, 0.29) is 5.41 Å². The molecule has 0 bridgehead atoms. The fourth-order valence-electron chi connectivity index (χ4n) is 1.96. The fourth-order valence-corrected chi connectivity index (χ4v) is 1.96. The quantitative estimate of drug-likeness (QED) is 0.850. The van der Waals surface area contributed by atoms with Crippen molar-refractivity contribution in [2.75, 3.05) is 25.0 Å². The van der Waals surface area contributed by atoms with Gasteiger partial charge < -0.3 is 10.2 Å². The van der Waals surface area contributed by atoms with Gasteiger partial charge in [0.05, 0.1) is 0 Å². The third-order valence-corrected chi connectivity index (χ3v) is 2.51. The van der Waals surface area contributed by atoms with Crippen molar-refractivity contribution in [2.45, 2.75) is 34.2 Å². The largest absolute Gasteiger partial charge is 0.359 e. The molecule has 1 aromatic rings. The summed E-state index contributed by atoms with van der Waals surface area (Å²) < 4.78 is 0. The van der Waals surface area contributed by atoms with E-state index in [1.165, 1.54) is 5.56 Å². The van der Waals surface area contributed by atoms with Crippen molar-refractivity contribution in [3.05, 3.63) is 23.9 Å². The molecule has 0 aliphatic heterocycles. The van der Waals surface area contributed by atoms with Crippen molar-refractivity contribution in [3.63, 3.8) is 0 Å². The molecule has 0 unspecified atom stereocenters. The molecule has 3 nitrogen and oxygen atoms in total. The SMILES string of the molecule is CCNCc1cccnc1N(C)CC(C)(C)C. The summed E-state index contributed by atoms with van der Waals surface area (Å²) in [5.74, 6) is 1.09. The van der Waals surface area contributed by atoms with Crippen LogP contribution in [0.2, 0.25) is 0 Å². The first-order valence-corrected chi connectivity index (χ1v) is 6.30. The van der Waals surface area contributed by atoms with Crippen molar-refractivity contribution in [3.8, 4) is 0 Å². The van der Waals surface area contributed by atoms with Gasteiger partial charge in [-0.2, -0.15) is 0 Å². The van der Waals surface area contributed by atoms with Crippen LogP contribution >= 0.6 is 0 Å². The lowest BCUT2D eigenvalue weighted by Gasteiger charge is -2.28. The second kappa shape index (κ2) is 6.01. The molecule has 0 saturated carbocycles. The molecular formula is C14H25N3. The Kier molecular flexibility index (Phi) is 4.94. The zero-order chi connectivity index (χ0) is 12.9. The van der Waals surface area contributed by atoms with Gasteiger partial charge in [0.2, 0.25) is 0 Å². The number of nitrogens with one attached hydrogen (secondary N) is 1. The highest BCUT2D eigenvalue weighted by Crippen LogP contribution is 2.21. The average Bonchev–Trinajstić information content (AvgIpc) is 2.24. The maximum absolute atomic E-state index is 4.50. The maximum atomic E-state index is 4.50. The van der Waals surface area contributed by atoms with Gasteiger partial charge in [-0.05, 0) is 18.0 Å². The first kappa shape index (κ1) is 14.0. The Hall–Kier alpha value is -1.09. The topological polar surface area (TPSA) is 28.2 Å². The molecule has 0 atom stereocenters. The Balaban J connectivity index is 2.81. The first-order valence-electron chi connectivity index (χ1n) is 6.30. The van der Waals surface area contributed by atoms with Crippen molar-refractivity contribution in [1.82, 2.24) is 10.3 Å². The summed E-state index contributed by atoms with van der Waals surface area (Å²) in [6, 6.07) is 4.14. The number of hydrogen-bond acceptors (Lipinski definition) is 3. The number of aromatic nitrogens is 1. The molecule has 1 rings (SSSR count). The minimum absolute atomic E-state index is 0.279. The standard InChI is InChI=1S/C14H25N3/c1-6-15-10-12-8-7-9-16-13(12)17(5)11-14(2,3)4/h7-9,15H,6,10-11H2,1-5H3. The Morgan fingerprint density at radius 1 is 1.35 bits per heavy atom.